The smallest absolute Gasteiger partial charge is 0.210 e. The SMILES string of the molecule is Nc1ccc(O)c2n[n+]([O-])ccc12. The third-order valence-electron chi connectivity index (χ3n) is 1.80. The molecule has 0 aliphatic rings. The molecule has 1 heterocycles. The summed E-state index contributed by atoms with van der Waals surface area (Å²) in [4.78, 5) is 0.376. The van der Waals surface area contributed by atoms with Crippen molar-refractivity contribution in [2.24, 2.45) is 0 Å². The highest BCUT2D eigenvalue weighted by molar-refractivity contribution is 5.93. The first-order chi connectivity index (χ1) is 6.18. The highest BCUT2D eigenvalue weighted by Gasteiger charge is 2.07. The van der Waals surface area contributed by atoms with Crippen LogP contribution in [0.2, 0.25) is 0 Å². The standard InChI is InChI=1S/C8H7N3O2/c9-6-1-2-7(12)8-5(6)3-4-11(13)10-8/h1-4,12H,9H2. The lowest BCUT2D eigenvalue weighted by Gasteiger charge is -2.01. The topological polar surface area (TPSA) is 86.1 Å². The zero-order chi connectivity index (χ0) is 9.42. The van der Waals surface area contributed by atoms with Gasteiger partial charge in [0.05, 0.1) is 0 Å². The number of phenolic OH excluding ortho intramolecular Hbond substituents is 1. The van der Waals surface area contributed by atoms with Gasteiger partial charge >= 0.3 is 0 Å². The third-order valence-corrected chi connectivity index (χ3v) is 1.80. The second-order valence-electron chi connectivity index (χ2n) is 2.65. The molecule has 13 heavy (non-hydrogen) atoms. The molecule has 0 bridgehead atoms. The second kappa shape index (κ2) is 2.48. The van der Waals surface area contributed by atoms with E-state index in [1.54, 1.807) is 6.07 Å². The van der Waals surface area contributed by atoms with Crippen molar-refractivity contribution >= 4 is 16.6 Å². The molecule has 2 rings (SSSR count). The summed E-state index contributed by atoms with van der Waals surface area (Å²) < 4.78 is 0. The monoisotopic (exact) mass is 177 g/mol. The van der Waals surface area contributed by atoms with E-state index in [0.29, 0.717) is 15.9 Å². The number of nitrogens with zero attached hydrogens (tertiary/aromatic N) is 2. The second-order valence-corrected chi connectivity index (χ2v) is 2.65. The van der Waals surface area contributed by atoms with Gasteiger partial charge in [0, 0.05) is 22.2 Å². The summed E-state index contributed by atoms with van der Waals surface area (Å²) in [7, 11) is 0. The van der Waals surface area contributed by atoms with Crippen LogP contribution in [0.5, 0.6) is 5.75 Å². The van der Waals surface area contributed by atoms with Gasteiger partial charge in [0.25, 0.3) is 0 Å². The number of benzene rings is 1. The van der Waals surface area contributed by atoms with E-state index in [4.69, 9.17) is 5.73 Å². The average molecular weight is 177 g/mol. The maximum Gasteiger partial charge on any atom is 0.210 e. The number of aromatic hydroxyl groups is 1. The van der Waals surface area contributed by atoms with Gasteiger partial charge in [-0.3, -0.25) is 0 Å². The molecule has 5 nitrogen and oxygen atoms in total. The first kappa shape index (κ1) is 7.60. The van der Waals surface area contributed by atoms with Gasteiger partial charge < -0.3 is 16.0 Å². The van der Waals surface area contributed by atoms with Crippen molar-refractivity contribution in [2.75, 3.05) is 5.73 Å². The van der Waals surface area contributed by atoms with Crippen LogP contribution in [0.4, 0.5) is 5.69 Å². The van der Waals surface area contributed by atoms with Crippen molar-refractivity contribution < 1.29 is 9.95 Å². The van der Waals surface area contributed by atoms with E-state index < -0.39 is 0 Å². The van der Waals surface area contributed by atoms with Crippen molar-refractivity contribution in [3.8, 4) is 5.75 Å². The maximum absolute atomic E-state index is 10.8. The number of fused-ring (bicyclic) bond motifs is 1. The summed E-state index contributed by atoms with van der Waals surface area (Å²) >= 11 is 0. The van der Waals surface area contributed by atoms with Crippen LogP contribution in [0.1, 0.15) is 0 Å². The van der Waals surface area contributed by atoms with Crippen molar-refractivity contribution in [1.29, 1.82) is 0 Å². The van der Waals surface area contributed by atoms with E-state index in [-0.39, 0.29) is 11.3 Å². The van der Waals surface area contributed by atoms with Crippen LogP contribution in [0, 0.1) is 5.21 Å². The van der Waals surface area contributed by atoms with Gasteiger partial charge in [-0.15, -0.1) is 0 Å². The van der Waals surface area contributed by atoms with E-state index in [1.165, 1.54) is 18.3 Å². The van der Waals surface area contributed by atoms with E-state index in [2.05, 4.69) is 5.10 Å². The quantitative estimate of drug-likeness (QED) is 0.259. The van der Waals surface area contributed by atoms with Crippen LogP contribution < -0.4 is 10.6 Å². The Bertz CT molecular complexity index is 470. The first-order valence-corrected chi connectivity index (χ1v) is 3.66. The molecule has 0 saturated carbocycles. The van der Waals surface area contributed by atoms with Gasteiger partial charge in [0.2, 0.25) is 6.20 Å². The molecule has 1 aromatic heterocycles. The molecule has 0 aliphatic carbocycles. The number of aromatic nitrogens is 2. The minimum absolute atomic E-state index is 0.0469. The van der Waals surface area contributed by atoms with Crippen LogP contribution >= 0.6 is 0 Å². The molecule has 2 aromatic rings. The van der Waals surface area contributed by atoms with Crippen LogP contribution in [0.25, 0.3) is 10.9 Å². The lowest BCUT2D eigenvalue weighted by Crippen LogP contribution is -2.29. The minimum Gasteiger partial charge on any atom is -0.594 e. The fourth-order valence-corrected chi connectivity index (χ4v) is 1.16. The molecule has 0 fully saturated rings. The molecule has 0 spiro atoms. The Morgan fingerprint density at radius 2 is 2.15 bits per heavy atom. The van der Waals surface area contributed by atoms with Crippen LogP contribution in [0.3, 0.4) is 0 Å². The van der Waals surface area contributed by atoms with Crippen molar-refractivity contribution in [1.82, 2.24) is 5.10 Å². The fourth-order valence-electron chi connectivity index (χ4n) is 1.16. The summed E-state index contributed by atoms with van der Waals surface area (Å²) in [6, 6.07) is 4.49. The Morgan fingerprint density at radius 3 is 2.92 bits per heavy atom. The molecular weight excluding hydrogens is 170 g/mol. The molecule has 0 aliphatic heterocycles. The average Bonchev–Trinajstić information content (AvgIpc) is 2.12. The molecular formula is C8H7N3O2. The Balaban J connectivity index is 2.92. The highest BCUT2D eigenvalue weighted by Crippen LogP contribution is 2.25. The zero-order valence-corrected chi connectivity index (χ0v) is 6.64. The lowest BCUT2D eigenvalue weighted by atomic mass is 10.2. The predicted molar refractivity (Wildman–Crippen MR) is 46.8 cm³/mol. The largest absolute Gasteiger partial charge is 0.594 e. The molecule has 0 amide bonds. The molecule has 0 unspecified atom stereocenters. The van der Waals surface area contributed by atoms with Crippen molar-refractivity contribution in [3.05, 3.63) is 29.6 Å². The molecule has 0 atom stereocenters. The molecule has 66 valence electrons. The Morgan fingerprint density at radius 1 is 1.38 bits per heavy atom. The molecule has 1 aromatic carbocycles. The summed E-state index contributed by atoms with van der Waals surface area (Å²) in [5, 5.41) is 24.3. The van der Waals surface area contributed by atoms with Crippen molar-refractivity contribution in [2.45, 2.75) is 0 Å². The van der Waals surface area contributed by atoms with Crippen LogP contribution in [0.15, 0.2) is 24.4 Å². The van der Waals surface area contributed by atoms with Crippen LogP contribution in [-0.2, 0) is 0 Å². The number of hydrogen-bond acceptors (Lipinski definition) is 4. The van der Waals surface area contributed by atoms with Gasteiger partial charge in [-0.1, -0.05) is 4.85 Å². The Kier molecular flexibility index (Phi) is 1.45. The van der Waals surface area contributed by atoms with Gasteiger partial charge in [0.15, 0.2) is 5.52 Å². The fraction of sp³-hybridized carbons (Fsp3) is 0. The lowest BCUT2D eigenvalue weighted by molar-refractivity contribution is -0.666. The van der Waals surface area contributed by atoms with Crippen molar-refractivity contribution in [3.63, 3.8) is 0 Å². The maximum atomic E-state index is 10.8. The van der Waals surface area contributed by atoms with E-state index in [1.807, 2.05) is 0 Å². The molecule has 5 heteroatoms. The summed E-state index contributed by atoms with van der Waals surface area (Å²) in [5.74, 6) is -0.0469. The normalized spacial score (nSPS) is 10.5. The number of nitrogen functional groups attached to an aromatic ring is 1. The van der Waals surface area contributed by atoms with E-state index >= 15 is 0 Å². The Labute approximate surface area is 73.6 Å². The van der Waals surface area contributed by atoms with Gasteiger partial charge in [-0.25, -0.2) is 0 Å². The summed E-state index contributed by atoms with van der Waals surface area (Å²) in [5.41, 5.74) is 6.32. The number of phenols is 1. The van der Waals surface area contributed by atoms with Gasteiger partial charge in [0.1, 0.15) is 5.75 Å². The zero-order valence-electron chi connectivity index (χ0n) is 6.64. The first-order valence-electron chi connectivity index (χ1n) is 3.66. The third kappa shape index (κ3) is 1.10. The number of hydrogen-bond donors (Lipinski definition) is 2. The van der Waals surface area contributed by atoms with E-state index in [0.717, 1.165) is 0 Å². The number of anilines is 1. The van der Waals surface area contributed by atoms with Gasteiger partial charge in [-0.05, 0) is 12.1 Å². The molecule has 0 saturated heterocycles. The van der Waals surface area contributed by atoms with Crippen LogP contribution in [-0.4, -0.2) is 10.2 Å². The minimum atomic E-state index is -0.0469. The predicted octanol–water partition coefficient (Wildman–Crippen LogP) is 0.156. The van der Waals surface area contributed by atoms with Gasteiger partial charge in [-0.2, -0.15) is 0 Å². The summed E-state index contributed by atoms with van der Waals surface area (Å²) in [6.45, 7) is 0. The summed E-state index contributed by atoms with van der Waals surface area (Å²) in [6.07, 6.45) is 1.23. The highest BCUT2D eigenvalue weighted by atomic mass is 16.5. The Hall–Kier alpha value is -2.04. The van der Waals surface area contributed by atoms with E-state index in [9.17, 15) is 10.3 Å². The number of nitrogens with two attached hydrogens (primary N) is 1. The molecule has 0 radical (unpaired) electrons. The molecule has 3 N–H and O–H groups in total. The number of rotatable bonds is 0.